The van der Waals surface area contributed by atoms with Crippen molar-refractivity contribution in [2.45, 2.75) is 67.2 Å². The molecular weight excluding hydrogens is 328 g/mol. The molecule has 4 nitrogen and oxygen atoms in total. The summed E-state index contributed by atoms with van der Waals surface area (Å²) in [4.78, 5) is 25.4. The topological polar surface area (TPSA) is 63.6 Å². The maximum atomic E-state index is 12.8. The number of aliphatic hydroxyl groups is 1. The Morgan fingerprint density at radius 3 is 1.92 bits per heavy atom. The van der Waals surface area contributed by atoms with E-state index in [1.165, 1.54) is 0 Å². The Morgan fingerprint density at radius 2 is 1.46 bits per heavy atom. The average molecular weight is 363 g/mol. The smallest absolute Gasteiger partial charge is 0.233 e. The predicted molar refractivity (Wildman–Crippen MR) is 103 cm³/mol. The van der Waals surface area contributed by atoms with E-state index in [4.69, 9.17) is 4.74 Å². The van der Waals surface area contributed by atoms with Gasteiger partial charge < -0.3 is 9.84 Å². The van der Waals surface area contributed by atoms with E-state index >= 15 is 0 Å². The third kappa shape index (κ3) is 4.64. The van der Waals surface area contributed by atoms with Crippen molar-refractivity contribution in [3.05, 3.63) is 23.0 Å². The van der Waals surface area contributed by atoms with Crippen LogP contribution in [0.3, 0.4) is 0 Å². The monoisotopic (exact) mass is 362 g/mol. The van der Waals surface area contributed by atoms with Crippen molar-refractivity contribution in [3.63, 3.8) is 0 Å². The van der Waals surface area contributed by atoms with E-state index in [2.05, 4.69) is 0 Å². The summed E-state index contributed by atoms with van der Waals surface area (Å²) in [6, 6.07) is 0. The maximum Gasteiger partial charge on any atom is 0.233 e. The van der Waals surface area contributed by atoms with Crippen LogP contribution in [-0.4, -0.2) is 29.9 Å². The van der Waals surface area contributed by atoms with Crippen molar-refractivity contribution in [2.75, 3.05) is 13.2 Å². The summed E-state index contributed by atoms with van der Waals surface area (Å²) in [5, 5.41) is 9.28. The standard InChI is InChI=1S/C22H34O4/c1-21(2,3)16-11-17(18(22(4,5)6)20(25)19(16)24)26-13-15-9-7-14(12-23)8-10-15/h11,14-15,23H,7-10,12-13H2,1-6H3. The van der Waals surface area contributed by atoms with Gasteiger partial charge in [-0.1, -0.05) is 41.5 Å². The van der Waals surface area contributed by atoms with Gasteiger partial charge in [0.05, 0.1) is 12.2 Å². The first kappa shape index (κ1) is 20.9. The summed E-state index contributed by atoms with van der Waals surface area (Å²) in [5.41, 5.74) is 0.162. The number of carbonyl (C=O) groups is 2. The van der Waals surface area contributed by atoms with Crippen LogP contribution < -0.4 is 0 Å². The minimum atomic E-state index is -0.448. The van der Waals surface area contributed by atoms with Gasteiger partial charge in [0.15, 0.2) is 0 Å². The van der Waals surface area contributed by atoms with Crippen LogP contribution in [-0.2, 0) is 14.3 Å². The average Bonchev–Trinajstić information content (AvgIpc) is 2.53. The van der Waals surface area contributed by atoms with Crippen LogP contribution in [0.4, 0.5) is 0 Å². The number of carbonyl (C=O) groups excluding carboxylic acids is 2. The molecule has 4 heteroatoms. The summed E-state index contributed by atoms with van der Waals surface area (Å²) >= 11 is 0. The highest BCUT2D eigenvalue weighted by atomic mass is 16.5. The van der Waals surface area contributed by atoms with E-state index < -0.39 is 22.4 Å². The molecule has 2 aliphatic rings. The first-order valence-corrected chi connectivity index (χ1v) is 9.74. The quantitative estimate of drug-likeness (QED) is 0.600. The first-order valence-electron chi connectivity index (χ1n) is 9.74. The molecule has 0 saturated heterocycles. The van der Waals surface area contributed by atoms with E-state index in [0.717, 1.165) is 25.7 Å². The number of allylic oxidation sites excluding steroid dienone is 3. The second-order valence-electron chi connectivity index (χ2n) is 9.84. The molecule has 0 aromatic carbocycles. The molecule has 2 rings (SSSR count). The molecule has 0 aliphatic heterocycles. The molecule has 0 radical (unpaired) electrons. The Hall–Kier alpha value is -1.42. The van der Waals surface area contributed by atoms with Crippen molar-refractivity contribution in [3.8, 4) is 0 Å². The van der Waals surface area contributed by atoms with Gasteiger partial charge in [-0.15, -0.1) is 0 Å². The van der Waals surface area contributed by atoms with Crippen LogP contribution in [0.15, 0.2) is 23.0 Å². The lowest BCUT2D eigenvalue weighted by Crippen LogP contribution is -2.35. The molecule has 0 aromatic heterocycles. The van der Waals surface area contributed by atoms with Crippen molar-refractivity contribution in [2.24, 2.45) is 22.7 Å². The molecule has 1 fully saturated rings. The van der Waals surface area contributed by atoms with Gasteiger partial charge in [0.2, 0.25) is 11.6 Å². The van der Waals surface area contributed by atoms with Gasteiger partial charge in [0, 0.05) is 12.2 Å². The third-order valence-electron chi connectivity index (χ3n) is 5.46. The molecule has 0 aromatic rings. The first-order chi connectivity index (χ1) is 11.9. The summed E-state index contributed by atoms with van der Waals surface area (Å²) in [7, 11) is 0. The zero-order chi connectivity index (χ0) is 19.7. The number of ketones is 2. The van der Waals surface area contributed by atoms with Gasteiger partial charge in [-0.3, -0.25) is 9.59 Å². The Morgan fingerprint density at radius 1 is 0.923 bits per heavy atom. The lowest BCUT2D eigenvalue weighted by molar-refractivity contribution is -0.133. The third-order valence-corrected chi connectivity index (χ3v) is 5.46. The van der Waals surface area contributed by atoms with Gasteiger partial charge in [-0.25, -0.2) is 0 Å². The lowest BCUT2D eigenvalue weighted by atomic mass is 9.73. The van der Waals surface area contributed by atoms with Crippen molar-refractivity contribution < 1.29 is 19.4 Å². The SMILES string of the molecule is CC(C)(C)C1=CC(OCC2CCC(CO)CC2)=C(C(C)(C)C)C(=O)C1=O. The molecule has 0 amide bonds. The molecule has 26 heavy (non-hydrogen) atoms. The largest absolute Gasteiger partial charge is 0.493 e. The van der Waals surface area contributed by atoms with E-state index in [0.29, 0.717) is 35.3 Å². The highest BCUT2D eigenvalue weighted by molar-refractivity contribution is 6.50. The molecule has 2 aliphatic carbocycles. The van der Waals surface area contributed by atoms with Crippen LogP contribution in [0.5, 0.6) is 0 Å². The van der Waals surface area contributed by atoms with E-state index in [9.17, 15) is 14.7 Å². The van der Waals surface area contributed by atoms with Crippen LogP contribution in [0, 0.1) is 22.7 Å². The number of hydrogen-bond donors (Lipinski definition) is 1. The number of ether oxygens (including phenoxy) is 1. The Kier molecular flexibility index (Phi) is 6.17. The van der Waals surface area contributed by atoms with Crippen LogP contribution in [0.25, 0.3) is 0 Å². The number of rotatable bonds is 4. The van der Waals surface area contributed by atoms with Crippen molar-refractivity contribution in [1.82, 2.24) is 0 Å². The molecule has 0 unspecified atom stereocenters. The fraction of sp³-hybridized carbons (Fsp3) is 0.727. The normalized spacial score (nSPS) is 25.4. The highest BCUT2D eigenvalue weighted by Crippen LogP contribution is 2.39. The number of Topliss-reactive ketones (excluding diaryl/α,β-unsaturated/α-hetero) is 2. The molecule has 1 saturated carbocycles. The zero-order valence-electron chi connectivity index (χ0n) is 17.1. The van der Waals surface area contributed by atoms with Crippen LogP contribution >= 0.6 is 0 Å². The minimum Gasteiger partial charge on any atom is -0.493 e. The fourth-order valence-corrected chi connectivity index (χ4v) is 3.79. The van der Waals surface area contributed by atoms with Crippen molar-refractivity contribution in [1.29, 1.82) is 0 Å². The Bertz CT molecular complexity index is 618. The predicted octanol–water partition coefficient (Wildman–Crippen LogP) is 4.23. The van der Waals surface area contributed by atoms with Crippen molar-refractivity contribution >= 4 is 11.6 Å². The Labute approximate surface area is 157 Å². The number of hydrogen-bond acceptors (Lipinski definition) is 4. The molecule has 146 valence electrons. The van der Waals surface area contributed by atoms with E-state index in [-0.39, 0.29) is 6.61 Å². The summed E-state index contributed by atoms with van der Waals surface area (Å²) in [6.45, 7) is 12.5. The molecular formula is C22H34O4. The zero-order valence-corrected chi connectivity index (χ0v) is 17.1. The van der Waals surface area contributed by atoms with Gasteiger partial charge in [-0.05, 0) is 54.4 Å². The Balaban J connectivity index is 2.25. The summed E-state index contributed by atoms with van der Waals surface area (Å²) < 4.78 is 6.14. The second kappa shape index (κ2) is 7.67. The minimum absolute atomic E-state index is 0.265. The van der Waals surface area contributed by atoms with Gasteiger partial charge in [-0.2, -0.15) is 0 Å². The molecule has 0 bridgehead atoms. The van der Waals surface area contributed by atoms with Crippen LogP contribution in [0.2, 0.25) is 0 Å². The maximum absolute atomic E-state index is 12.8. The lowest BCUT2D eigenvalue weighted by Gasteiger charge is -2.32. The van der Waals surface area contributed by atoms with E-state index in [1.807, 2.05) is 41.5 Å². The fourth-order valence-electron chi connectivity index (χ4n) is 3.79. The summed E-state index contributed by atoms with van der Waals surface area (Å²) in [6.07, 6.45) is 5.91. The second-order valence-corrected chi connectivity index (χ2v) is 9.84. The highest BCUT2D eigenvalue weighted by Gasteiger charge is 2.40. The molecule has 0 atom stereocenters. The molecule has 1 N–H and O–H groups in total. The number of aliphatic hydroxyl groups excluding tert-OH is 1. The van der Waals surface area contributed by atoms with Gasteiger partial charge >= 0.3 is 0 Å². The molecule has 0 spiro atoms. The molecule has 0 heterocycles. The van der Waals surface area contributed by atoms with Gasteiger partial charge in [0.25, 0.3) is 0 Å². The summed E-state index contributed by atoms with van der Waals surface area (Å²) in [5.74, 6) is 0.584. The van der Waals surface area contributed by atoms with Gasteiger partial charge in [0.1, 0.15) is 5.76 Å². The van der Waals surface area contributed by atoms with E-state index in [1.54, 1.807) is 6.08 Å². The van der Waals surface area contributed by atoms with Crippen LogP contribution in [0.1, 0.15) is 67.2 Å².